The summed E-state index contributed by atoms with van der Waals surface area (Å²) >= 11 is 0. The molecule has 206 valence electrons. The highest BCUT2D eigenvalue weighted by Crippen LogP contribution is 2.41. The van der Waals surface area contributed by atoms with Crippen molar-refractivity contribution in [1.82, 2.24) is 33.8 Å². The number of morpholine rings is 1. The minimum Gasteiger partial charge on any atom is -0.378 e. The van der Waals surface area contributed by atoms with E-state index >= 15 is 0 Å². The molecule has 6 heterocycles. The molecule has 3 fully saturated rings. The Balaban J connectivity index is 1.16. The van der Waals surface area contributed by atoms with Crippen LogP contribution in [-0.2, 0) is 21.3 Å². The third-order valence-electron chi connectivity index (χ3n) is 8.72. The number of nitrogens with zero attached hydrogens (tertiary/aromatic N) is 7. The van der Waals surface area contributed by atoms with Crippen molar-refractivity contribution in [3.8, 4) is 11.3 Å². The summed E-state index contributed by atoms with van der Waals surface area (Å²) in [4.78, 5) is 14.9. The second kappa shape index (κ2) is 9.54. The highest BCUT2D eigenvalue weighted by Gasteiger charge is 2.43. The van der Waals surface area contributed by atoms with Crippen LogP contribution in [0.1, 0.15) is 25.0 Å². The maximum atomic E-state index is 12.0. The number of ether oxygens (including phenoxy) is 1. The zero-order chi connectivity index (χ0) is 26.6. The molecule has 0 atom stereocenters. The molecule has 1 aromatic carbocycles. The summed E-state index contributed by atoms with van der Waals surface area (Å²) in [6, 6.07) is 6.14. The van der Waals surface area contributed by atoms with E-state index in [4.69, 9.17) is 14.7 Å². The number of imidazole rings is 1. The standard InChI is InChI=1S/C27H34N8O3S/c1-39(36,37)35-10-7-27(19-35)5-8-32(9-6-27)16-20-17-34-18-24(21-3-2-4-23-22(21)15-28-31-23)30-26(25(34)29-20)33-11-13-38-14-12-33/h2-4,15,17-18H,5-14,16,19H2,1H3,(H,28,31). The fourth-order valence-electron chi connectivity index (χ4n) is 6.42. The molecule has 12 heteroatoms. The maximum absolute atomic E-state index is 12.0. The molecule has 0 radical (unpaired) electrons. The molecule has 4 aromatic rings. The molecule has 3 aliphatic heterocycles. The fourth-order valence-corrected chi connectivity index (χ4v) is 7.35. The number of nitrogens with one attached hydrogen (secondary N) is 1. The first-order valence-corrected chi connectivity index (χ1v) is 15.5. The third kappa shape index (κ3) is 4.69. The number of benzene rings is 1. The van der Waals surface area contributed by atoms with Crippen LogP contribution in [0.25, 0.3) is 27.8 Å². The van der Waals surface area contributed by atoms with Gasteiger partial charge in [0.15, 0.2) is 11.5 Å². The van der Waals surface area contributed by atoms with E-state index in [-0.39, 0.29) is 5.41 Å². The Labute approximate surface area is 227 Å². The van der Waals surface area contributed by atoms with E-state index in [0.29, 0.717) is 26.3 Å². The fraction of sp³-hybridized carbons (Fsp3) is 0.519. The minimum atomic E-state index is -3.12. The second-order valence-electron chi connectivity index (χ2n) is 11.3. The van der Waals surface area contributed by atoms with Crippen LogP contribution in [-0.4, -0.2) is 101 Å². The van der Waals surface area contributed by atoms with Crippen LogP contribution < -0.4 is 4.90 Å². The Hall–Kier alpha value is -3.06. The zero-order valence-corrected chi connectivity index (χ0v) is 23.0. The van der Waals surface area contributed by atoms with Gasteiger partial charge in [0.25, 0.3) is 0 Å². The first-order valence-electron chi connectivity index (χ1n) is 13.7. The molecule has 0 saturated carbocycles. The smallest absolute Gasteiger partial charge is 0.211 e. The number of H-pyrrole nitrogens is 1. The van der Waals surface area contributed by atoms with Gasteiger partial charge in [-0.3, -0.25) is 10.00 Å². The Bertz CT molecular complexity index is 1620. The highest BCUT2D eigenvalue weighted by atomic mass is 32.2. The number of likely N-dealkylation sites (tertiary alicyclic amines) is 1. The molecule has 3 saturated heterocycles. The summed E-state index contributed by atoms with van der Waals surface area (Å²) in [6.45, 7) is 6.90. The van der Waals surface area contributed by atoms with Gasteiger partial charge in [0.05, 0.1) is 42.6 Å². The number of rotatable bonds is 5. The van der Waals surface area contributed by atoms with Crippen LogP contribution in [0, 0.1) is 5.41 Å². The molecule has 3 aliphatic rings. The van der Waals surface area contributed by atoms with Crippen molar-refractivity contribution in [1.29, 1.82) is 0 Å². The lowest BCUT2D eigenvalue weighted by molar-refractivity contribution is 0.108. The van der Waals surface area contributed by atoms with Crippen LogP contribution >= 0.6 is 0 Å². The summed E-state index contributed by atoms with van der Waals surface area (Å²) in [5, 5.41) is 8.34. The number of aromatic nitrogens is 5. The van der Waals surface area contributed by atoms with Gasteiger partial charge in [-0.2, -0.15) is 5.10 Å². The lowest BCUT2D eigenvalue weighted by Crippen LogP contribution is -2.41. The summed E-state index contributed by atoms with van der Waals surface area (Å²) in [7, 11) is -3.12. The van der Waals surface area contributed by atoms with Gasteiger partial charge < -0.3 is 14.0 Å². The van der Waals surface area contributed by atoms with E-state index in [0.717, 1.165) is 91.3 Å². The van der Waals surface area contributed by atoms with Gasteiger partial charge in [-0.1, -0.05) is 12.1 Å². The summed E-state index contributed by atoms with van der Waals surface area (Å²) in [5.74, 6) is 0.881. The lowest BCUT2D eigenvalue weighted by Gasteiger charge is -2.39. The summed E-state index contributed by atoms with van der Waals surface area (Å²) in [5.41, 5.74) is 4.91. The largest absolute Gasteiger partial charge is 0.378 e. The average Bonchev–Trinajstić information content (AvgIpc) is 3.68. The number of anilines is 1. The predicted octanol–water partition coefficient (Wildman–Crippen LogP) is 2.36. The number of piperidine rings is 1. The predicted molar refractivity (Wildman–Crippen MR) is 149 cm³/mol. The molecule has 11 nitrogen and oxygen atoms in total. The highest BCUT2D eigenvalue weighted by molar-refractivity contribution is 7.88. The molecule has 0 amide bonds. The van der Waals surface area contributed by atoms with E-state index < -0.39 is 10.0 Å². The Morgan fingerprint density at radius 1 is 1.03 bits per heavy atom. The van der Waals surface area contributed by atoms with Crippen LogP contribution in [0.4, 0.5) is 5.82 Å². The number of sulfonamides is 1. The van der Waals surface area contributed by atoms with E-state index in [1.54, 1.807) is 4.31 Å². The van der Waals surface area contributed by atoms with E-state index in [1.165, 1.54) is 6.26 Å². The first kappa shape index (κ1) is 24.9. The minimum absolute atomic E-state index is 0.120. The van der Waals surface area contributed by atoms with Crippen LogP contribution in [0.2, 0.25) is 0 Å². The van der Waals surface area contributed by atoms with Crippen LogP contribution in [0.3, 0.4) is 0 Å². The molecule has 1 spiro atoms. The molecule has 1 N–H and O–H groups in total. The van der Waals surface area contributed by atoms with Gasteiger partial charge in [-0.05, 0) is 43.8 Å². The van der Waals surface area contributed by atoms with E-state index in [9.17, 15) is 8.42 Å². The summed E-state index contributed by atoms with van der Waals surface area (Å²) in [6.07, 6.45) is 10.4. The van der Waals surface area contributed by atoms with Gasteiger partial charge in [0.2, 0.25) is 10.0 Å². The molecule has 7 rings (SSSR count). The van der Waals surface area contributed by atoms with E-state index in [2.05, 4.69) is 42.9 Å². The molecule has 39 heavy (non-hydrogen) atoms. The number of aromatic amines is 1. The second-order valence-corrected chi connectivity index (χ2v) is 13.3. The van der Waals surface area contributed by atoms with Crippen LogP contribution in [0.15, 0.2) is 36.8 Å². The van der Waals surface area contributed by atoms with Crippen LogP contribution in [0.5, 0.6) is 0 Å². The molecule has 0 bridgehead atoms. The third-order valence-corrected chi connectivity index (χ3v) is 9.97. The van der Waals surface area contributed by atoms with Crippen molar-refractivity contribution >= 4 is 32.4 Å². The van der Waals surface area contributed by atoms with Crippen molar-refractivity contribution in [3.63, 3.8) is 0 Å². The Kier molecular flexibility index (Phi) is 6.10. The van der Waals surface area contributed by atoms with Crippen molar-refractivity contribution in [3.05, 3.63) is 42.5 Å². The van der Waals surface area contributed by atoms with Gasteiger partial charge >= 0.3 is 0 Å². The quantitative estimate of drug-likeness (QED) is 0.403. The number of hydrogen-bond acceptors (Lipinski definition) is 8. The van der Waals surface area contributed by atoms with Crippen molar-refractivity contribution in [2.45, 2.75) is 25.8 Å². The monoisotopic (exact) mass is 550 g/mol. The maximum Gasteiger partial charge on any atom is 0.211 e. The molecular weight excluding hydrogens is 516 g/mol. The average molecular weight is 551 g/mol. The molecule has 0 aliphatic carbocycles. The van der Waals surface area contributed by atoms with Crippen molar-refractivity contribution in [2.24, 2.45) is 5.41 Å². The van der Waals surface area contributed by atoms with Crippen molar-refractivity contribution < 1.29 is 13.2 Å². The zero-order valence-electron chi connectivity index (χ0n) is 22.2. The first-order chi connectivity index (χ1) is 18.9. The Morgan fingerprint density at radius 3 is 2.59 bits per heavy atom. The number of fused-ring (bicyclic) bond motifs is 2. The number of hydrogen-bond donors (Lipinski definition) is 1. The lowest BCUT2D eigenvalue weighted by atomic mass is 9.78. The topological polar surface area (TPSA) is 112 Å². The van der Waals surface area contributed by atoms with Gasteiger partial charge in [-0.25, -0.2) is 22.7 Å². The van der Waals surface area contributed by atoms with Gasteiger partial charge in [0.1, 0.15) is 0 Å². The van der Waals surface area contributed by atoms with Gasteiger partial charge in [0, 0.05) is 56.1 Å². The molecular formula is C27H34N8O3S. The molecule has 3 aromatic heterocycles. The Morgan fingerprint density at radius 2 is 1.82 bits per heavy atom. The van der Waals surface area contributed by atoms with E-state index in [1.807, 2.05) is 18.3 Å². The summed E-state index contributed by atoms with van der Waals surface area (Å²) < 4.78 is 33.5. The normalized spacial score (nSPS) is 21.0. The molecule has 0 unspecified atom stereocenters. The van der Waals surface area contributed by atoms with Gasteiger partial charge in [-0.15, -0.1) is 0 Å². The van der Waals surface area contributed by atoms with Crippen molar-refractivity contribution in [2.75, 3.05) is 63.6 Å². The SMILES string of the molecule is CS(=O)(=O)N1CCC2(CCN(Cc3cn4cc(-c5cccc6[nH]ncc56)nc(N5CCOCC5)c4n3)CC2)C1.